The summed E-state index contributed by atoms with van der Waals surface area (Å²) < 4.78 is 5.29. The first-order chi connectivity index (χ1) is 7.32. The van der Waals surface area contributed by atoms with E-state index in [1.165, 1.54) is 4.90 Å². The van der Waals surface area contributed by atoms with Gasteiger partial charge in [-0.25, -0.2) is 0 Å². The van der Waals surface area contributed by atoms with E-state index in [1.807, 2.05) is 20.8 Å². The van der Waals surface area contributed by atoms with Crippen LogP contribution >= 0.6 is 0 Å². The van der Waals surface area contributed by atoms with E-state index in [0.717, 1.165) is 6.42 Å². The van der Waals surface area contributed by atoms with Gasteiger partial charge in [-0.15, -0.1) is 0 Å². The van der Waals surface area contributed by atoms with E-state index < -0.39 is 17.6 Å². The molecule has 1 saturated heterocycles. The largest absolute Gasteiger partial charge is 0.480 e. The Balaban J connectivity index is 2.75. The van der Waals surface area contributed by atoms with E-state index in [-0.39, 0.29) is 12.5 Å². The molecule has 5 nitrogen and oxygen atoms in total. The standard InChI is InChI=1S/C11H19NO4/c1-11(2,3)12(7-9(13)14)10(15)8-5-4-6-16-8/h8H,4-7H2,1-3H3,(H,13,14). The number of amides is 1. The molecule has 1 N–H and O–H groups in total. The van der Waals surface area contributed by atoms with Gasteiger partial charge in [-0.3, -0.25) is 9.59 Å². The van der Waals surface area contributed by atoms with Crippen molar-refractivity contribution in [1.82, 2.24) is 4.90 Å². The lowest BCUT2D eigenvalue weighted by Crippen LogP contribution is -2.51. The molecule has 5 heteroatoms. The third-order valence-electron chi connectivity index (χ3n) is 2.57. The lowest BCUT2D eigenvalue weighted by atomic mass is 10.0. The van der Waals surface area contributed by atoms with Crippen LogP contribution in [0.25, 0.3) is 0 Å². The predicted molar refractivity (Wildman–Crippen MR) is 58.1 cm³/mol. The maximum atomic E-state index is 12.1. The van der Waals surface area contributed by atoms with Gasteiger partial charge in [0.05, 0.1) is 0 Å². The van der Waals surface area contributed by atoms with Crippen molar-refractivity contribution < 1.29 is 19.4 Å². The summed E-state index contributed by atoms with van der Waals surface area (Å²) in [5, 5.41) is 8.80. The number of aliphatic carboxylic acids is 1. The van der Waals surface area contributed by atoms with E-state index in [1.54, 1.807) is 0 Å². The quantitative estimate of drug-likeness (QED) is 0.780. The number of carboxylic acids is 1. The molecule has 0 radical (unpaired) electrons. The van der Waals surface area contributed by atoms with Crippen LogP contribution in [0.2, 0.25) is 0 Å². The minimum absolute atomic E-state index is 0.215. The Morgan fingerprint density at radius 3 is 2.44 bits per heavy atom. The number of rotatable bonds is 3. The van der Waals surface area contributed by atoms with E-state index in [0.29, 0.717) is 13.0 Å². The zero-order valence-electron chi connectivity index (χ0n) is 10.0. The SMILES string of the molecule is CC(C)(C)N(CC(=O)O)C(=O)C1CCCO1. The molecule has 1 fully saturated rings. The highest BCUT2D eigenvalue weighted by atomic mass is 16.5. The molecule has 1 rings (SSSR count). The van der Waals surface area contributed by atoms with Crippen LogP contribution in [0.3, 0.4) is 0 Å². The number of ether oxygens (including phenoxy) is 1. The van der Waals surface area contributed by atoms with Gasteiger partial charge in [0.25, 0.3) is 5.91 Å². The summed E-state index contributed by atoms with van der Waals surface area (Å²) in [6.07, 6.45) is 1.09. The van der Waals surface area contributed by atoms with Crippen LogP contribution in [0.5, 0.6) is 0 Å². The molecule has 0 saturated carbocycles. The molecule has 1 heterocycles. The van der Waals surface area contributed by atoms with Crippen molar-refractivity contribution in [2.45, 2.75) is 45.3 Å². The van der Waals surface area contributed by atoms with Crippen molar-refractivity contribution in [3.05, 3.63) is 0 Å². The molecule has 1 atom stereocenters. The van der Waals surface area contributed by atoms with Crippen molar-refractivity contribution in [3.63, 3.8) is 0 Å². The van der Waals surface area contributed by atoms with Gasteiger partial charge in [0.2, 0.25) is 0 Å². The zero-order chi connectivity index (χ0) is 12.3. The molecular weight excluding hydrogens is 210 g/mol. The Bertz CT molecular complexity index is 276. The first-order valence-electron chi connectivity index (χ1n) is 5.47. The van der Waals surface area contributed by atoms with Crippen molar-refractivity contribution in [2.75, 3.05) is 13.2 Å². The lowest BCUT2D eigenvalue weighted by molar-refractivity contribution is -0.153. The van der Waals surface area contributed by atoms with Crippen LogP contribution < -0.4 is 0 Å². The Hall–Kier alpha value is -1.10. The maximum absolute atomic E-state index is 12.1. The number of carbonyl (C=O) groups excluding carboxylic acids is 1. The summed E-state index contributed by atoms with van der Waals surface area (Å²) >= 11 is 0. The third kappa shape index (κ3) is 3.20. The minimum atomic E-state index is -0.999. The second-order valence-corrected chi connectivity index (χ2v) is 4.99. The van der Waals surface area contributed by atoms with E-state index in [9.17, 15) is 9.59 Å². The summed E-state index contributed by atoms with van der Waals surface area (Å²) in [4.78, 5) is 24.2. The van der Waals surface area contributed by atoms with Gasteiger partial charge in [0.15, 0.2) is 0 Å². The second kappa shape index (κ2) is 4.82. The van der Waals surface area contributed by atoms with Crippen molar-refractivity contribution in [1.29, 1.82) is 0 Å². The molecule has 0 aliphatic carbocycles. The smallest absolute Gasteiger partial charge is 0.323 e. The topological polar surface area (TPSA) is 66.8 Å². The lowest BCUT2D eigenvalue weighted by Gasteiger charge is -2.35. The average Bonchev–Trinajstić information content (AvgIpc) is 2.63. The van der Waals surface area contributed by atoms with Crippen molar-refractivity contribution in [2.24, 2.45) is 0 Å². The number of nitrogens with zero attached hydrogens (tertiary/aromatic N) is 1. The molecule has 92 valence electrons. The molecule has 0 bridgehead atoms. The van der Waals surface area contributed by atoms with Crippen molar-refractivity contribution in [3.8, 4) is 0 Å². The average molecular weight is 229 g/mol. The molecular formula is C11H19NO4. The molecule has 1 unspecified atom stereocenters. The first-order valence-corrected chi connectivity index (χ1v) is 5.47. The summed E-state index contributed by atoms with van der Waals surface area (Å²) in [5.41, 5.74) is -0.499. The normalized spacial score (nSPS) is 20.8. The fourth-order valence-electron chi connectivity index (χ4n) is 1.73. The van der Waals surface area contributed by atoms with Crippen molar-refractivity contribution >= 4 is 11.9 Å². The Morgan fingerprint density at radius 1 is 1.44 bits per heavy atom. The van der Waals surface area contributed by atoms with Crippen LogP contribution in [0.15, 0.2) is 0 Å². The predicted octanol–water partition coefficient (Wildman–Crippen LogP) is 0.877. The summed E-state index contributed by atoms with van der Waals surface area (Å²) in [7, 11) is 0. The summed E-state index contributed by atoms with van der Waals surface area (Å²) in [6, 6.07) is 0. The minimum Gasteiger partial charge on any atom is -0.480 e. The fraction of sp³-hybridized carbons (Fsp3) is 0.818. The van der Waals surface area contributed by atoms with Gasteiger partial charge >= 0.3 is 5.97 Å². The van der Waals surface area contributed by atoms with Crippen LogP contribution in [0, 0.1) is 0 Å². The van der Waals surface area contributed by atoms with Crippen LogP contribution in [0.4, 0.5) is 0 Å². The Morgan fingerprint density at radius 2 is 2.06 bits per heavy atom. The van der Waals surface area contributed by atoms with Gasteiger partial charge in [0, 0.05) is 12.1 Å². The Kier molecular flexibility index (Phi) is 3.91. The molecule has 0 aromatic carbocycles. The van der Waals surface area contributed by atoms with Crippen LogP contribution in [-0.2, 0) is 14.3 Å². The highest BCUT2D eigenvalue weighted by molar-refractivity contribution is 5.85. The molecule has 1 aliphatic rings. The van der Waals surface area contributed by atoms with E-state index in [2.05, 4.69) is 0 Å². The van der Waals surface area contributed by atoms with E-state index >= 15 is 0 Å². The zero-order valence-corrected chi connectivity index (χ0v) is 10.0. The molecule has 0 aromatic heterocycles. The number of carbonyl (C=O) groups is 2. The Labute approximate surface area is 95.4 Å². The van der Waals surface area contributed by atoms with Gasteiger partial charge in [0.1, 0.15) is 12.6 Å². The van der Waals surface area contributed by atoms with Gasteiger partial charge < -0.3 is 14.7 Å². The van der Waals surface area contributed by atoms with Gasteiger partial charge in [-0.05, 0) is 33.6 Å². The second-order valence-electron chi connectivity index (χ2n) is 4.99. The molecule has 1 aliphatic heterocycles. The highest BCUT2D eigenvalue weighted by Crippen LogP contribution is 2.20. The molecule has 1 amide bonds. The maximum Gasteiger partial charge on any atom is 0.323 e. The molecule has 16 heavy (non-hydrogen) atoms. The number of hydrogen-bond acceptors (Lipinski definition) is 3. The third-order valence-corrected chi connectivity index (χ3v) is 2.57. The number of carboxylic acid groups (broad SMARTS) is 1. The summed E-state index contributed by atoms with van der Waals surface area (Å²) in [5.74, 6) is -1.21. The highest BCUT2D eigenvalue weighted by Gasteiger charge is 2.35. The van der Waals surface area contributed by atoms with Crippen LogP contribution in [0.1, 0.15) is 33.6 Å². The monoisotopic (exact) mass is 229 g/mol. The van der Waals surface area contributed by atoms with E-state index in [4.69, 9.17) is 9.84 Å². The first kappa shape index (κ1) is 13.0. The summed E-state index contributed by atoms with van der Waals surface area (Å²) in [6.45, 7) is 5.78. The van der Waals surface area contributed by atoms with Crippen LogP contribution in [-0.4, -0.2) is 46.7 Å². The number of hydrogen-bond donors (Lipinski definition) is 1. The fourth-order valence-corrected chi connectivity index (χ4v) is 1.73. The van der Waals surface area contributed by atoms with Gasteiger partial charge in [-0.2, -0.15) is 0 Å². The molecule has 0 aromatic rings. The molecule has 0 spiro atoms. The van der Waals surface area contributed by atoms with Gasteiger partial charge in [-0.1, -0.05) is 0 Å².